The molecule has 8 rings (SSSR count). The van der Waals surface area contributed by atoms with Gasteiger partial charge >= 0.3 is 0 Å². The lowest BCUT2D eigenvalue weighted by Crippen LogP contribution is -2.13. The molecule has 2 heteroatoms. The fraction of sp³-hybridized carbons (Fsp3) is 0.0976. The van der Waals surface area contributed by atoms with E-state index in [9.17, 15) is 4.79 Å². The Hall–Kier alpha value is -5.21. The van der Waals surface area contributed by atoms with Gasteiger partial charge in [0.1, 0.15) is 0 Å². The van der Waals surface area contributed by atoms with Gasteiger partial charge in [0.15, 0.2) is 0 Å². The van der Waals surface area contributed by atoms with E-state index in [0.29, 0.717) is 0 Å². The Morgan fingerprint density at radius 3 is 1.86 bits per heavy atom. The Bertz CT molecular complexity index is 2380. The number of rotatable bonds is 5. The summed E-state index contributed by atoms with van der Waals surface area (Å²) in [5.74, 6) is 0. The minimum Gasteiger partial charge on any atom is -0.275 e. The van der Waals surface area contributed by atoms with Gasteiger partial charge in [0.25, 0.3) is 5.56 Å². The van der Waals surface area contributed by atoms with Crippen LogP contribution < -0.4 is 5.56 Å². The number of pyridine rings is 1. The SMILES string of the molecule is CCc1ccccc1-c1cc2c3cc(-c4cccc(-c5ccccc5)c4)cc4c5ccccc5c(=O)n(c2cc1CC)c43. The van der Waals surface area contributed by atoms with Crippen LogP contribution in [0.4, 0.5) is 0 Å². The quantitative estimate of drug-likeness (QED) is 0.194. The molecule has 0 saturated carbocycles. The highest BCUT2D eigenvalue weighted by Gasteiger charge is 2.21. The normalized spacial score (nSPS) is 11.8. The average Bonchev–Trinajstić information content (AvgIpc) is 3.40. The number of fused-ring (bicyclic) bond motifs is 5. The Labute approximate surface area is 250 Å². The molecule has 2 heterocycles. The minimum atomic E-state index is 0.0469. The summed E-state index contributed by atoms with van der Waals surface area (Å²) in [6, 6.07) is 45.3. The fourth-order valence-electron chi connectivity index (χ4n) is 6.98. The summed E-state index contributed by atoms with van der Waals surface area (Å²) >= 11 is 0. The largest absolute Gasteiger partial charge is 0.275 e. The van der Waals surface area contributed by atoms with Crippen molar-refractivity contribution < 1.29 is 0 Å². The summed E-state index contributed by atoms with van der Waals surface area (Å²) in [5, 5.41) is 5.10. The van der Waals surface area contributed by atoms with Crippen molar-refractivity contribution in [2.75, 3.05) is 0 Å². The van der Waals surface area contributed by atoms with Gasteiger partial charge in [-0.15, -0.1) is 0 Å². The van der Waals surface area contributed by atoms with Gasteiger partial charge in [-0.25, -0.2) is 0 Å². The van der Waals surface area contributed by atoms with Crippen molar-refractivity contribution in [2.45, 2.75) is 26.7 Å². The van der Waals surface area contributed by atoms with Gasteiger partial charge in [-0.1, -0.05) is 105 Å². The van der Waals surface area contributed by atoms with E-state index < -0.39 is 0 Å². The molecule has 43 heavy (non-hydrogen) atoms. The highest BCUT2D eigenvalue weighted by Crippen LogP contribution is 2.41. The molecule has 0 aliphatic heterocycles. The maximum absolute atomic E-state index is 14.1. The third kappa shape index (κ3) is 3.90. The van der Waals surface area contributed by atoms with E-state index in [0.717, 1.165) is 61.9 Å². The predicted octanol–water partition coefficient (Wildman–Crippen LogP) is 10.3. The van der Waals surface area contributed by atoms with Gasteiger partial charge in [-0.2, -0.15) is 0 Å². The summed E-state index contributed by atoms with van der Waals surface area (Å²) in [7, 11) is 0. The molecule has 0 aliphatic rings. The first kappa shape index (κ1) is 25.5. The van der Waals surface area contributed by atoms with Crippen LogP contribution in [0.5, 0.6) is 0 Å². The van der Waals surface area contributed by atoms with Crippen molar-refractivity contribution >= 4 is 38.0 Å². The van der Waals surface area contributed by atoms with E-state index in [1.807, 2.05) is 22.6 Å². The van der Waals surface area contributed by atoms with Crippen molar-refractivity contribution in [3.63, 3.8) is 0 Å². The lowest BCUT2D eigenvalue weighted by Gasteiger charge is -2.13. The Morgan fingerprint density at radius 1 is 0.465 bits per heavy atom. The average molecular weight is 554 g/mol. The summed E-state index contributed by atoms with van der Waals surface area (Å²) in [6.07, 6.45) is 1.86. The molecule has 0 fully saturated rings. The van der Waals surface area contributed by atoms with Crippen LogP contribution >= 0.6 is 0 Å². The van der Waals surface area contributed by atoms with Crippen LogP contribution in [0, 0.1) is 0 Å². The maximum atomic E-state index is 14.1. The second kappa shape index (κ2) is 9.96. The van der Waals surface area contributed by atoms with E-state index in [4.69, 9.17) is 0 Å². The molecule has 0 aliphatic carbocycles. The molecule has 0 saturated heterocycles. The van der Waals surface area contributed by atoms with Crippen molar-refractivity contribution in [3.05, 3.63) is 149 Å². The number of nitrogens with zero attached hydrogens (tertiary/aromatic N) is 1. The Kier molecular flexibility index (Phi) is 5.90. The Morgan fingerprint density at radius 2 is 1.09 bits per heavy atom. The van der Waals surface area contributed by atoms with Crippen LogP contribution in [0.1, 0.15) is 25.0 Å². The maximum Gasteiger partial charge on any atom is 0.263 e. The van der Waals surface area contributed by atoms with Gasteiger partial charge in [-0.05, 0) is 99.1 Å². The van der Waals surface area contributed by atoms with Crippen LogP contribution in [-0.4, -0.2) is 4.40 Å². The molecular formula is C41H31NO. The molecule has 2 nitrogen and oxygen atoms in total. The standard InChI is InChI=1S/C41H31NO/c1-3-26-13-8-9-18-32(26)35-25-36-38-23-31(30-17-12-16-29(21-30)28-14-6-5-7-15-28)22-37-33-19-10-11-20-34(33)41(43)42(40(37)38)39(36)24-27(35)4-2/h5-25H,3-4H2,1-2H3. The van der Waals surface area contributed by atoms with Crippen molar-refractivity contribution in [2.24, 2.45) is 0 Å². The highest BCUT2D eigenvalue weighted by molar-refractivity contribution is 6.22. The molecular weight excluding hydrogens is 522 g/mol. The third-order valence-corrected chi connectivity index (χ3v) is 9.11. The first-order valence-electron chi connectivity index (χ1n) is 15.2. The molecule has 6 aromatic carbocycles. The smallest absolute Gasteiger partial charge is 0.263 e. The van der Waals surface area contributed by atoms with Crippen LogP contribution in [0.2, 0.25) is 0 Å². The Balaban J connectivity index is 1.51. The first-order chi connectivity index (χ1) is 21.2. The first-order valence-corrected chi connectivity index (χ1v) is 15.2. The highest BCUT2D eigenvalue weighted by atomic mass is 16.1. The predicted molar refractivity (Wildman–Crippen MR) is 182 cm³/mol. The molecule has 0 unspecified atom stereocenters. The summed E-state index contributed by atoms with van der Waals surface area (Å²) in [6.45, 7) is 4.42. The van der Waals surface area contributed by atoms with E-state index in [-0.39, 0.29) is 5.56 Å². The number of aromatic nitrogens is 1. The monoisotopic (exact) mass is 553 g/mol. The number of benzene rings is 6. The zero-order valence-corrected chi connectivity index (χ0v) is 24.4. The topological polar surface area (TPSA) is 21.5 Å². The van der Waals surface area contributed by atoms with Gasteiger partial charge in [-0.3, -0.25) is 9.20 Å². The van der Waals surface area contributed by atoms with Crippen LogP contribution in [0.25, 0.3) is 71.3 Å². The van der Waals surface area contributed by atoms with E-state index in [1.54, 1.807) is 0 Å². The number of hydrogen-bond donors (Lipinski definition) is 0. The minimum absolute atomic E-state index is 0.0469. The van der Waals surface area contributed by atoms with E-state index in [2.05, 4.69) is 123 Å². The van der Waals surface area contributed by atoms with Crippen molar-refractivity contribution in [1.82, 2.24) is 4.40 Å². The summed E-state index contributed by atoms with van der Waals surface area (Å²) < 4.78 is 1.97. The fourth-order valence-corrected chi connectivity index (χ4v) is 6.98. The van der Waals surface area contributed by atoms with Crippen molar-refractivity contribution in [3.8, 4) is 33.4 Å². The lowest BCUT2D eigenvalue weighted by molar-refractivity contribution is 1.12. The molecule has 0 spiro atoms. The van der Waals surface area contributed by atoms with Gasteiger partial charge in [0, 0.05) is 21.5 Å². The van der Waals surface area contributed by atoms with Gasteiger partial charge in [0.2, 0.25) is 0 Å². The molecule has 0 atom stereocenters. The number of aryl methyl sites for hydroxylation is 2. The van der Waals surface area contributed by atoms with E-state index >= 15 is 0 Å². The summed E-state index contributed by atoms with van der Waals surface area (Å²) in [4.78, 5) is 14.1. The lowest BCUT2D eigenvalue weighted by atomic mass is 9.91. The molecule has 0 bridgehead atoms. The summed E-state index contributed by atoms with van der Waals surface area (Å²) in [5.41, 5.74) is 11.9. The molecule has 0 radical (unpaired) electrons. The number of hydrogen-bond acceptors (Lipinski definition) is 1. The molecule has 206 valence electrons. The zero-order valence-electron chi connectivity index (χ0n) is 24.4. The molecule has 0 amide bonds. The second-order valence-corrected chi connectivity index (χ2v) is 11.4. The molecule has 2 aromatic heterocycles. The van der Waals surface area contributed by atoms with Crippen LogP contribution in [0.15, 0.2) is 132 Å². The van der Waals surface area contributed by atoms with Crippen molar-refractivity contribution in [1.29, 1.82) is 0 Å². The molecule has 0 N–H and O–H groups in total. The van der Waals surface area contributed by atoms with Crippen LogP contribution in [-0.2, 0) is 12.8 Å². The van der Waals surface area contributed by atoms with Crippen LogP contribution in [0.3, 0.4) is 0 Å². The van der Waals surface area contributed by atoms with Gasteiger partial charge < -0.3 is 0 Å². The zero-order chi connectivity index (χ0) is 29.1. The second-order valence-electron chi connectivity index (χ2n) is 11.4. The third-order valence-electron chi connectivity index (χ3n) is 9.11. The van der Waals surface area contributed by atoms with Gasteiger partial charge in [0.05, 0.1) is 11.0 Å². The van der Waals surface area contributed by atoms with E-state index in [1.165, 1.54) is 33.4 Å². The molecule has 8 aromatic rings.